The molecule has 0 amide bonds. The molecule has 0 aromatic carbocycles. The van der Waals surface area contributed by atoms with E-state index in [1.54, 1.807) is 0 Å². The summed E-state index contributed by atoms with van der Waals surface area (Å²) in [4.78, 5) is 0. The van der Waals surface area contributed by atoms with E-state index in [1.165, 1.54) is 38.5 Å². The average molecular weight is 213 g/mol. The Balaban J connectivity index is -0.000000405. The van der Waals surface area contributed by atoms with Crippen LogP contribution in [0.15, 0.2) is 12.2 Å². The molecule has 0 aliphatic rings. The van der Waals surface area contributed by atoms with Crippen LogP contribution in [0.5, 0.6) is 0 Å². The van der Waals surface area contributed by atoms with Crippen molar-refractivity contribution in [1.29, 1.82) is 0 Å². The Labute approximate surface area is 89.6 Å². The monoisotopic (exact) mass is 212 g/mol. The van der Waals surface area contributed by atoms with E-state index >= 15 is 0 Å². The second-order valence-electron chi connectivity index (χ2n) is 2.73. The third-order valence-electron chi connectivity index (χ3n) is 1.63. The van der Waals surface area contributed by atoms with Crippen molar-refractivity contribution < 1.29 is 0 Å². The van der Waals surface area contributed by atoms with Gasteiger partial charge in [0.2, 0.25) is 0 Å². The van der Waals surface area contributed by atoms with Gasteiger partial charge in [-0.3, -0.25) is 0 Å². The van der Waals surface area contributed by atoms with E-state index in [-0.39, 0.29) is 24.8 Å². The Hall–Kier alpha value is 0.320. The molecule has 0 aliphatic carbocycles. The van der Waals surface area contributed by atoms with Gasteiger partial charge in [-0.25, -0.2) is 0 Å². The standard InChI is InChI=1S/C10H20.2ClH/c1-3-5-7-9-10-8-6-4-2;;/h5,7H,3-4,6,8-10H2,1-2H3;2*1H. The molecule has 0 rings (SSSR count). The zero-order chi connectivity index (χ0) is 7.66. The van der Waals surface area contributed by atoms with E-state index in [0.717, 1.165) is 0 Å². The lowest BCUT2D eigenvalue weighted by molar-refractivity contribution is 0.674. The molecule has 0 bridgehead atoms. The Bertz CT molecular complexity index is 79.9. The van der Waals surface area contributed by atoms with Crippen LogP contribution in [-0.2, 0) is 0 Å². The molecular formula is C10H22Cl2. The molecule has 76 valence electrons. The largest absolute Gasteiger partial charge is 0.147 e. The highest BCUT2D eigenvalue weighted by molar-refractivity contribution is 5.85. The van der Waals surface area contributed by atoms with Crippen molar-refractivity contribution in [3.8, 4) is 0 Å². The van der Waals surface area contributed by atoms with Gasteiger partial charge in [-0.15, -0.1) is 24.8 Å². The summed E-state index contributed by atoms with van der Waals surface area (Å²) in [6.07, 6.45) is 12.6. The van der Waals surface area contributed by atoms with Crippen molar-refractivity contribution in [3.05, 3.63) is 12.2 Å². The second-order valence-corrected chi connectivity index (χ2v) is 2.73. The zero-order valence-electron chi connectivity index (χ0n) is 8.21. The second kappa shape index (κ2) is 17.4. The van der Waals surface area contributed by atoms with Crippen molar-refractivity contribution in [1.82, 2.24) is 0 Å². The van der Waals surface area contributed by atoms with E-state index in [2.05, 4.69) is 26.0 Å². The van der Waals surface area contributed by atoms with Crippen molar-refractivity contribution in [2.45, 2.75) is 52.4 Å². The van der Waals surface area contributed by atoms with Crippen LogP contribution in [0.2, 0.25) is 0 Å². The minimum absolute atomic E-state index is 0. The fourth-order valence-corrected chi connectivity index (χ4v) is 0.973. The first-order valence-corrected chi connectivity index (χ1v) is 4.56. The summed E-state index contributed by atoms with van der Waals surface area (Å²) >= 11 is 0. The van der Waals surface area contributed by atoms with Gasteiger partial charge in [-0.1, -0.05) is 45.3 Å². The summed E-state index contributed by atoms with van der Waals surface area (Å²) in [6.45, 7) is 4.43. The Kier molecular flexibility index (Phi) is 26.4. The number of halogens is 2. The lowest BCUT2D eigenvalue weighted by Gasteiger charge is -1.92. The number of rotatable bonds is 6. The van der Waals surface area contributed by atoms with Crippen LogP contribution in [0, 0.1) is 0 Å². The van der Waals surface area contributed by atoms with Gasteiger partial charge in [0.05, 0.1) is 0 Å². The molecule has 2 heteroatoms. The molecule has 0 spiro atoms. The van der Waals surface area contributed by atoms with Gasteiger partial charge in [0.1, 0.15) is 0 Å². The van der Waals surface area contributed by atoms with Crippen LogP contribution >= 0.6 is 24.8 Å². The van der Waals surface area contributed by atoms with Gasteiger partial charge in [-0.2, -0.15) is 0 Å². The highest BCUT2D eigenvalue weighted by Gasteiger charge is 1.82. The number of hydrogen-bond donors (Lipinski definition) is 0. The number of allylic oxidation sites excluding steroid dienone is 2. The lowest BCUT2D eigenvalue weighted by Crippen LogP contribution is -1.73. The Morgan fingerprint density at radius 3 is 2.00 bits per heavy atom. The fourth-order valence-electron chi connectivity index (χ4n) is 0.973. The molecule has 0 N–H and O–H groups in total. The summed E-state index contributed by atoms with van der Waals surface area (Å²) in [5.41, 5.74) is 0. The van der Waals surface area contributed by atoms with E-state index in [9.17, 15) is 0 Å². The van der Waals surface area contributed by atoms with Crippen LogP contribution in [-0.4, -0.2) is 0 Å². The first kappa shape index (κ1) is 18.2. The molecule has 0 saturated heterocycles. The van der Waals surface area contributed by atoms with E-state index < -0.39 is 0 Å². The first-order valence-electron chi connectivity index (χ1n) is 4.56. The van der Waals surface area contributed by atoms with E-state index in [0.29, 0.717) is 0 Å². The van der Waals surface area contributed by atoms with Gasteiger partial charge in [-0.05, 0) is 19.3 Å². The Morgan fingerprint density at radius 1 is 0.833 bits per heavy atom. The topological polar surface area (TPSA) is 0 Å². The minimum atomic E-state index is 0. The van der Waals surface area contributed by atoms with Gasteiger partial charge in [0.15, 0.2) is 0 Å². The van der Waals surface area contributed by atoms with Crippen molar-refractivity contribution in [2.75, 3.05) is 0 Å². The average Bonchev–Trinajstić information content (AvgIpc) is 1.97. The normalized spacial score (nSPS) is 9.17. The summed E-state index contributed by atoms with van der Waals surface area (Å²) in [5, 5.41) is 0. The molecular weight excluding hydrogens is 191 g/mol. The molecule has 0 fully saturated rings. The summed E-state index contributed by atoms with van der Waals surface area (Å²) < 4.78 is 0. The first-order chi connectivity index (χ1) is 4.91. The molecule has 0 heterocycles. The predicted octanol–water partition coefficient (Wildman–Crippen LogP) is 4.77. The maximum absolute atomic E-state index is 2.30. The summed E-state index contributed by atoms with van der Waals surface area (Å²) in [5.74, 6) is 0. The van der Waals surface area contributed by atoms with E-state index in [1.807, 2.05) is 0 Å². The molecule has 0 saturated carbocycles. The Morgan fingerprint density at radius 2 is 1.50 bits per heavy atom. The fraction of sp³-hybridized carbons (Fsp3) is 0.800. The smallest absolute Gasteiger partial charge is 0.0351 e. The lowest BCUT2D eigenvalue weighted by atomic mass is 10.1. The van der Waals surface area contributed by atoms with Crippen LogP contribution in [0.3, 0.4) is 0 Å². The molecule has 0 aromatic heterocycles. The summed E-state index contributed by atoms with van der Waals surface area (Å²) in [6, 6.07) is 0. The highest BCUT2D eigenvalue weighted by Crippen LogP contribution is 2.02. The van der Waals surface area contributed by atoms with E-state index in [4.69, 9.17) is 0 Å². The van der Waals surface area contributed by atoms with Crippen molar-refractivity contribution in [3.63, 3.8) is 0 Å². The number of unbranched alkanes of at least 4 members (excludes halogenated alkanes) is 4. The van der Waals surface area contributed by atoms with Gasteiger partial charge in [0, 0.05) is 0 Å². The third kappa shape index (κ3) is 16.7. The molecule has 0 atom stereocenters. The minimum Gasteiger partial charge on any atom is -0.147 e. The number of hydrogen-bond acceptors (Lipinski definition) is 0. The molecule has 0 aromatic rings. The zero-order valence-corrected chi connectivity index (χ0v) is 9.85. The van der Waals surface area contributed by atoms with Gasteiger partial charge in [0.25, 0.3) is 0 Å². The molecule has 0 unspecified atom stereocenters. The quantitative estimate of drug-likeness (QED) is 0.440. The SMILES string of the molecule is CCC=CCCCCCC.Cl.Cl. The molecule has 12 heavy (non-hydrogen) atoms. The predicted molar refractivity (Wildman–Crippen MR) is 62.7 cm³/mol. The van der Waals surface area contributed by atoms with Crippen LogP contribution < -0.4 is 0 Å². The summed E-state index contributed by atoms with van der Waals surface area (Å²) in [7, 11) is 0. The third-order valence-corrected chi connectivity index (χ3v) is 1.63. The molecule has 0 nitrogen and oxygen atoms in total. The molecule has 0 aliphatic heterocycles. The molecule has 0 radical (unpaired) electrons. The van der Waals surface area contributed by atoms with Gasteiger partial charge >= 0.3 is 0 Å². The van der Waals surface area contributed by atoms with Crippen LogP contribution in [0.1, 0.15) is 52.4 Å². The van der Waals surface area contributed by atoms with Crippen LogP contribution in [0.25, 0.3) is 0 Å². The van der Waals surface area contributed by atoms with Gasteiger partial charge < -0.3 is 0 Å². The van der Waals surface area contributed by atoms with Crippen LogP contribution in [0.4, 0.5) is 0 Å². The highest BCUT2D eigenvalue weighted by atomic mass is 35.5. The maximum Gasteiger partial charge on any atom is -0.0351 e. The maximum atomic E-state index is 2.30. The van der Waals surface area contributed by atoms with Crippen molar-refractivity contribution in [2.24, 2.45) is 0 Å². The van der Waals surface area contributed by atoms with Crippen molar-refractivity contribution >= 4 is 24.8 Å².